The number of benzene rings is 1. The SMILES string of the molecule is CC(C)C(=O)Nc1ccc(CNC(=O)CNC(=O)CC2CCCCC2)cc1. The highest BCUT2D eigenvalue weighted by Crippen LogP contribution is 2.25. The van der Waals surface area contributed by atoms with Crippen LogP contribution >= 0.6 is 0 Å². The molecule has 1 fully saturated rings. The molecule has 0 bridgehead atoms. The molecule has 0 unspecified atom stereocenters. The van der Waals surface area contributed by atoms with Crippen LogP contribution in [0.5, 0.6) is 0 Å². The van der Waals surface area contributed by atoms with Crippen LogP contribution in [0.15, 0.2) is 24.3 Å². The van der Waals surface area contributed by atoms with Crippen LogP contribution in [-0.4, -0.2) is 24.3 Å². The maximum absolute atomic E-state index is 11.9. The molecule has 1 aromatic rings. The Labute approximate surface area is 161 Å². The zero-order valence-electron chi connectivity index (χ0n) is 16.3. The number of nitrogens with one attached hydrogen (secondary N) is 3. The van der Waals surface area contributed by atoms with Crippen molar-refractivity contribution in [2.75, 3.05) is 11.9 Å². The number of hydrogen-bond acceptors (Lipinski definition) is 3. The molecule has 0 heterocycles. The second kappa shape index (κ2) is 10.7. The van der Waals surface area contributed by atoms with Crippen LogP contribution in [0.1, 0.15) is 57.9 Å². The van der Waals surface area contributed by atoms with E-state index >= 15 is 0 Å². The van der Waals surface area contributed by atoms with E-state index < -0.39 is 0 Å². The lowest BCUT2D eigenvalue weighted by atomic mass is 9.87. The summed E-state index contributed by atoms with van der Waals surface area (Å²) in [6, 6.07) is 7.34. The number of carbonyl (C=O) groups excluding carboxylic acids is 3. The van der Waals surface area contributed by atoms with Gasteiger partial charge in [-0.3, -0.25) is 14.4 Å². The van der Waals surface area contributed by atoms with E-state index in [0.29, 0.717) is 18.9 Å². The summed E-state index contributed by atoms with van der Waals surface area (Å²) in [5.41, 5.74) is 1.66. The van der Waals surface area contributed by atoms with Gasteiger partial charge in [-0.1, -0.05) is 45.2 Å². The standard InChI is InChI=1S/C21H31N3O3/c1-15(2)21(27)24-18-10-8-17(9-11-18)13-22-20(26)14-23-19(25)12-16-6-4-3-5-7-16/h8-11,15-16H,3-7,12-14H2,1-2H3,(H,22,26)(H,23,25)(H,24,27). The van der Waals surface area contributed by atoms with Crippen LogP contribution in [0, 0.1) is 11.8 Å². The van der Waals surface area contributed by atoms with Gasteiger partial charge in [-0.15, -0.1) is 0 Å². The fourth-order valence-corrected chi connectivity index (χ4v) is 3.16. The smallest absolute Gasteiger partial charge is 0.239 e. The van der Waals surface area contributed by atoms with Crippen LogP contribution in [0.4, 0.5) is 5.69 Å². The fourth-order valence-electron chi connectivity index (χ4n) is 3.16. The Kier molecular flexibility index (Phi) is 8.30. The maximum Gasteiger partial charge on any atom is 0.239 e. The van der Waals surface area contributed by atoms with Crippen LogP contribution in [0.3, 0.4) is 0 Å². The molecule has 1 aromatic carbocycles. The van der Waals surface area contributed by atoms with Gasteiger partial charge in [-0.05, 0) is 36.5 Å². The van der Waals surface area contributed by atoms with Crippen LogP contribution in [0.2, 0.25) is 0 Å². The maximum atomic E-state index is 11.9. The molecule has 27 heavy (non-hydrogen) atoms. The van der Waals surface area contributed by atoms with E-state index in [1.165, 1.54) is 19.3 Å². The van der Waals surface area contributed by atoms with Gasteiger partial charge in [0.2, 0.25) is 17.7 Å². The molecule has 0 aliphatic heterocycles. The number of rotatable bonds is 8. The zero-order valence-corrected chi connectivity index (χ0v) is 16.3. The molecule has 1 aliphatic carbocycles. The third kappa shape index (κ3) is 7.81. The summed E-state index contributed by atoms with van der Waals surface area (Å²) in [4.78, 5) is 35.5. The van der Waals surface area contributed by atoms with Gasteiger partial charge in [-0.2, -0.15) is 0 Å². The molecule has 2 rings (SSSR count). The van der Waals surface area contributed by atoms with E-state index in [4.69, 9.17) is 0 Å². The number of anilines is 1. The Hall–Kier alpha value is -2.37. The topological polar surface area (TPSA) is 87.3 Å². The Balaban J connectivity index is 1.66. The second-order valence-electron chi connectivity index (χ2n) is 7.60. The summed E-state index contributed by atoms with van der Waals surface area (Å²) >= 11 is 0. The van der Waals surface area contributed by atoms with Gasteiger partial charge in [0.15, 0.2) is 0 Å². The molecule has 148 valence electrons. The molecule has 0 spiro atoms. The predicted octanol–water partition coefficient (Wildman–Crippen LogP) is 2.98. The molecule has 1 aliphatic rings. The Morgan fingerprint density at radius 2 is 1.63 bits per heavy atom. The summed E-state index contributed by atoms with van der Waals surface area (Å²) in [7, 11) is 0. The fraction of sp³-hybridized carbons (Fsp3) is 0.571. The van der Waals surface area contributed by atoms with Crippen LogP contribution < -0.4 is 16.0 Å². The first-order valence-electron chi connectivity index (χ1n) is 9.87. The molecular weight excluding hydrogens is 342 g/mol. The molecule has 0 saturated heterocycles. The van der Waals surface area contributed by atoms with E-state index in [1.807, 2.05) is 38.1 Å². The summed E-state index contributed by atoms with van der Waals surface area (Å²) in [6.07, 6.45) is 6.44. The van der Waals surface area contributed by atoms with Crippen molar-refractivity contribution < 1.29 is 14.4 Å². The van der Waals surface area contributed by atoms with Crippen molar-refractivity contribution in [1.29, 1.82) is 0 Å². The van der Waals surface area contributed by atoms with Crippen LogP contribution in [-0.2, 0) is 20.9 Å². The molecule has 3 N–H and O–H groups in total. The molecule has 6 heteroatoms. The van der Waals surface area contributed by atoms with Crippen molar-refractivity contribution in [1.82, 2.24) is 10.6 Å². The summed E-state index contributed by atoms with van der Waals surface area (Å²) in [5, 5.41) is 8.33. The lowest BCUT2D eigenvalue weighted by Gasteiger charge is -2.20. The van der Waals surface area contributed by atoms with Crippen molar-refractivity contribution in [2.24, 2.45) is 11.8 Å². The highest BCUT2D eigenvalue weighted by Gasteiger charge is 2.17. The van der Waals surface area contributed by atoms with E-state index in [-0.39, 0.29) is 30.2 Å². The molecule has 0 radical (unpaired) electrons. The second-order valence-corrected chi connectivity index (χ2v) is 7.60. The lowest BCUT2D eigenvalue weighted by Crippen LogP contribution is -2.37. The van der Waals surface area contributed by atoms with Gasteiger partial charge in [0.25, 0.3) is 0 Å². The first-order valence-corrected chi connectivity index (χ1v) is 9.87. The third-order valence-electron chi connectivity index (χ3n) is 4.88. The summed E-state index contributed by atoms with van der Waals surface area (Å²) in [5.74, 6) is 0.125. The molecule has 3 amide bonds. The minimum Gasteiger partial charge on any atom is -0.350 e. The Morgan fingerprint density at radius 1 is 0.963 bits per heavy atom. The van der Waals surface area contributed by atoms with Crippen molar-refractivity contribution in [3.8, 4) is 0 Å². The number of amides is 3. The van der Waals surface area contributed by atoms with Gasteiger partial charge in [0, 0.05) is 24.6 Å². The van der Waals surface area contributed by atoms with Gasteiger partial charge in [0.1, 0.15) is 0 Å². The monoisotopic (exact) mass is 373 g/mol. The molecule has 0 atom stereocenters. The average Bonchev–Trinajstić information content (AvgIpc) is 2.66. The minimum absolute atomic E-state index is 0.00802. The first kappa shape index (κ1) is 20.9. The normalized spacial score (nSPS) is 14.6. The number of hydrogen-bond donors (Lipinski definition) is 3. The highest BCUT2D eigenvalue weighted by atomic mass is 16.2. The van der Waals surface area contributed by atoms with Gasteiger partial charge in [0.05, 0.1) is 6.54 Å². The molecule has 1 saturated carbocycles. The first-order chi connectivity index (χ1) is 12.9. The lowest BCUT2D eigenvalue weighted by molar-refractivity contribution is -0.126. The average molecular weight is 373 g/mol. The summed E-state index contributed by atoms with van der Waals surface area (Å²) < 4.78 is 0. The quantitative estimate of drug-likeness (QED) is 0.655. The van der Waals surface area contributed by atoms with Crippen molar-refractivity contribution in [3.63, 3.8) is 0 Å². The van der Waals surface area contributed by atoms with E-state index in [9.17, 15) is 14.4 Å². The third-order valence-corrected chi connectivity index (χ3v) is 4.88. The Morgan fingerprint density at radius 3 is 2.26 bits per heavy atom. The van der Waals surface area contributed by atoms with Gasteiger partial charge in [-0.25, -0.2) is 0 Å². The number of carbonyl (C=O) groups is 3. The van der Waals surface area contributed by atoms with Crippen molar-refractivity contribution >= 4 is 23.4 Å². The molecule has 6 nitrogen and oxygen atoms in total. The van der Waals surface area contributed by atoms with E-state index in [0.717, 1.165) is 24.1 Å². The van der Waals surface area contributed by atoms with E-state index in [2.05, 4.69) is 16.0 Å². The Bertz CT molecular complexity index is 635. The van der Waals surface area contributed by atoms with Crippen LogP contribution in [0.25, 0.3) is 0 Å². The van der Waals surface area contributed by atoms with E-state index in [1.54, 1.807) is 0 Å². The zero-order chi connectivity index (χ0) is 19.6. The highest BCUT2D eigenvalue weighted by molar-refractivity contribution is 5.92. The predicted molar refractivity (Wildman–Crippen MR) is 106 cm³/mol. The summed E-state index contributed by atoms with van der Waals surface area (Å²) in [6.45, 7) is 4.07. The molecule has 0 aromatic heterocycles. The van der Waals surface area contributed by atoms with Crippen molar-refractivity contribution in [2.45, 2.75) is 58.9 Å². The van der Waals surface area contributed by atoms with Gasteiger partial charge >= 0.3 is 0 Å². The van der Waals surface area contributed by atoms with Gasteiger partial charge < -0.3 is 16.0 Å². The largest absolute Gasteiger partial charge is 0.350 e. The molecular formula is C21H31N3O3. The minimum atomic E-state index is -0.204. The van der Waals surface area contributed by atoms with Crippen molar-refractivity contribution in [3.05, 3.63) is 29.8 Å².